The van der Waals surface area contributed by atoms with Crippen molar-refractivity contribution in [1.29, 1.82) is 0 Å². The Labute approximate surface area is 264 Å². The Balaban J connectivity index is 1.77. The smallest absolute Gasteiger partial charge is 0.264 e. The van der Waals surface area contributed by atoms with Gasteiger partial charge >= 0.3 is 0 Å². The Morgan fingerprint density at radius 3 is 2.02 bits per heavy atom. The number of hydrogen-bond donors (Lipinski definition) is 1. The first-order valence-corrected chi connectivity index (χ1v) is 16.2. The summed E-state index contributed by atoms with van der Waals surface area (Å²) in [5.74, 6) is -1.01. The van der Waals surface area contributed by atoms with Gasteiger partial charge in [-0.1, -0.05) is 74.0 Å². The Morgan fingerprint density at radius 2 is 1.44 bits per heavy atom. The van der Waals surface area contributed by atoms with Gasteiger partial charge in [-0.25, -0.2) is 12.8 Å². The van der Waals surface area contributed by atoms with E-state index in [2.05, 4.69) is 5.32 Å². The maximum absolute atomic E-state index is 14.4. The number of carbonyl (C=O) groups excluding carboxylic acids is 2. The molecule has 45 heavy (non-hydrogen) atoms. The molecule has 0 fully saturated rings. The van der Waals surface area contributed by atoms with Gasteiger partial charge in [0, 0.05) is 19.5 Å². The van der Waals surface area contributed by atoms with Crippen LogP contribution in [-0.2, 0) is 32.6 Å². The SMILES string of the molecule is CCCCNC(=O)C(Cc1ccccc1)N(Cc1ccccc1)C(=O)CN(c1ccc(F)cc1)S(=O)(=O)c1ccc(OC)cc1. The van der Waals surface area contributed by atoms with E-state index < -0.39 is 34.3 Å². The summed E-state index contributed by atoms with van der Waals surface area (Å²) in [7, 11) is -2.84. The number of carbonyl (C=O) groups is 2. The fraction of sp³-hybridized carbons (Fsp3) is 0.257. The van der Waals surface area contributed by atoms with Gasteiger partial charge in [-0.2, -0.15) is 0 Å². The highest BCUT2D eigenvalue weighted by atomic mass is 32.2. The number of sulfonamides is 1. The highest BCUT2D eigenvalue weighted by Crippen LogP contribution is 2.26. The third kappa shape index (κ3) is 8.92. The molecular weight excluding hydrogens is 593 g/mol. The van der Waals surface area contributed by atoms with Crippen molar-refractivity contribution in [2.45, 2.75) is 43.7 Å². The quantitative estimate of drug-likeness (QED) is 0.173. The molecule has 0 saturated carbocycles. The van der Waals surface area contributed by atoms with Crippen LogP contribution in [0.1, 0.15) is 30.9 Å². The van der Waals surface area contributed by atoms with Gasteiger partial charge in [0.1, 0.15) is 24.2 Å². The number of benzene rings is 4. The summed E-state index contributed by atoms with van der Waals surface area (Å²) in [5.41, 5.74) is 1.73. The number of ether oxygens (including phenoxy) is 1. The van der Waals surface area contributed by atoms with Gasteiger partial charge in [0.25, 0.3) is 10.0 Å². The summed E-state index contributed by atoms with van der Waals surface area (Å²) < 4.78 is 48.1. The molecule has 1 atom stereocenters. The van der Waals surface area contributed by atoms with E-state index in [1.807, 2.05) is 67.6 Å². The van der Waals surface area contributed by atoms with E-state index >= 15 is 0 Å². The van der Waals surface area contributed by atoms with Crippen LogP contribution in [0.2, 0.25) is 0 Å². The Morgan fingerprint density at radius 1 is 0.844 bits per heavy atom. The number of nitrogens with zero attached hydrogens (tertiary/aromatic N) is 2. The lowest BCUT2D eigenvalue weighted by Gasteiger charge is -2.34. The minimum Gasteiger partial charge on any atom is -0.497 e. The number of hydrogen-bond acceptors (Lipinski definition) is 5. The van der Waals surface area contributed by atoms with Crippen molar-refractivity contribution in [2.75, 3.05) is 24.5 Å². The summed E-state index contributed by atoms with van der Waals surface area (Å²) in [6, 6.07) is 28.3. The standard InChI is InChI=1S/C35H38FN3O5S/c1-3-4-23-37-35(41)33(24-27-11-7-5-8-12-27)38(25-28-13-9-6-10-14-28)34(40)26-39(30-17-15-29(36)16-18-30)45(42,43)32-21-19-31(44-2)20-22-32/h5-22,33H,3-4,23-26H2,1-2H3,(H,37,41). The molecule has 0 aliphatic heterocycles. The number of nitrogens with one attached hydrogen (secondary N) is 1. The van der Waals surface area contributed by atoms with E-state index in [0.717, 1.165) is 40.4 Å². The van der Waals surface area contributed by atoms with E-state index in [-0.39, 0.29) is 29.5 Å². The van der Waals surface area contributed by atoms with E-state index in [1.54, 1.807) is 0 Å². The second-order valence-corrected chi connectivity index (χ2v) is 12.4. The number of amides is 2. The van der Waals surface area contributed by atoms with Gasteiger partial charge in [0.2, 0.25) is 11.8 Å². The molecule has 236 valence electrons. The number of halogens is 1. The molecule has 10 heteroatoms. The summed E-state index contributed by atoms with van der Waals surface area (Å²) in [4.78, 5) is 29.5. The fourth-order valence-electron chi connectivity index (χ4n) is 4.85. The Hall–Kier alpha value is -4.70. The minimum absolute atomic E-state index is 0.0677. The van der Waals surface area contributed by atoms with Crippen LogP contribution < -0.4 is 14.4 Å². The van der Waals surface area contributed by atoms with Crippen LogP contribution >= 0.6 is 0 Å². The largest absolute Gasteiger partial charge is 0.497 e. The van der Waals surface area contributed by atoms with Gasteiger partial charge in [-0.3, -0.25) is 13.9 Å². The van der Waals surface area contributed by atoms with Crippen LogP contribution in [0.25, 0.3) is 0 Å². The molecule has 0 aliphatic rings. The zero-order chi connectivity index (χ0) is 32.2. The van der Waals surface area contributed by atoms with Crippen LogP contribution in [0.3, 0.4) is 0 Å². The summed E-state index contributed by atoms with van der Waals surface area (Å²) in [6.07, 6.45) is 1.88. The van der Waals surface area contributed by atoms with Crippen molar-refractivity contribution in [3.63, 3.8) is 0 Å². The molecule has 1 unspecified atom stereocenters. The fourth-order valence-corrected chi connectivity index (χ4v) is 6.27. The molecular formula is C35H38FN3O5S. The van der Waals surface area contributed by atoms with Gasteiger partial charge in [-0.05, 0) is 66.1 Å². The molecule has 0 heterocycles. The number of unbranched alkanes of at least 4 members (excludes halogenated alkanes) is 1. The molecule has 0 aliphatic carbocycles. The average Bonchev–Trinajstić information content (AvgIpc) is 3.06. The lowest BCUT2D eigenvalue weighted by Crippen LogP contribution is -2.53. The number of methoxy groups -OCH3 is 1. The Kier molecular flexibility index (Phi) is 11.7. The van der Waals surface area contributed by atoms with Gasteiger partial charge in [0.05, 0.1) is 17.7 Å². The van der Waals surface area contributed by atoms with Crippen LogP contribution in [0.4, 0.5) is 10.1 Å². The molecule has 0 saturated heterocycles. The first kappa shape index (κ1) is 33.2. The predicted octanol–water partition coefficient (Wildman–Crippen LogP) is 5.59. The van der Waals surface area contributed by atoms with Gasteiger partial charge in [0.15, 0.2) is 0 Å². The molecule has 0 spiro atoms. The summed E-state index contributed by atoms with van der Waals surface area (Å²) in [5, 5.41) is 2.96. The van der Waals surface area contributed by atoms with Crippen molar-refractivity contribution in [3.8, 4) is 5.75 Å². The molecule has 0 radical (unpaired) electrons. The predicted molar refractivity (Wildman–Crippen MR) is 173 cm³/mol. The van der Waals surface area contributed by atoms with Crippen LogP contribution in [0.15, 0.2) is 114 Å². The lowest BCUT2D eigenvalue weighted by molar-refractivity contribution is -0.140. The number of anilines is 1. The maximum atomic E-state index is 14.4. The zero-order valence-electron chi connectivity index (χ0n) is 25.4. The number of rotatable bonds is 15. The van der Waals surface area contributed by atoms with E-state index in [4.69, 9.17) is 4.74 Å². The van der Waals surface area contributed by atoms with Gasteiger partial charge in [-0.15, -0.1) is 0 Å². The second-order valence-electron chi connectivity index (χ2n) is 10.5. The monoisotopic (exact) mass is 631 g/mol. The molecule has 1 N–H and O–H groups in total. The van der Waals surface area contributed by atoms with Crippen LogP contribution in [0, 0.1) is 5.82 Å². The van der Waals surface area contributed by atoms with Crippen LogP contribution in [0.5, 0.6) is 5.75 Å². The summed E-state index contributed by atoms with van der Waals surface area (Å²) in [6.45, 7) is 1.91. The highest BCUT2D eigenvalue weighted by Gasteiger charge is 2.34. The van der Waals surface area contributed by atoms with Crippen molar-refractivity contribution in [3.05, 3.63) is 126 Å². The molecule has 4 rings (SSSR count). The second kappa shape index (κ2) is 15.9. The Bertz CT molecular complexity index is 1630. The molecule has 0 aromatic heterocycles. The molecule has 8 nitrogen and oxygen atoms in total. The first-order chi connectivity index (χ1) is 21.7. The third-order valence-electron chi connectivity index (χ3n) is 7.34. The molecule has 4 aromatic rings. The first-order valence-electron chi connectivity index (χ1n) is 14.8. The third-order valence-corrected chi connectivity index (χ3v) is 9.13. The van der Waals surface area contributed by atoms with E-state index in [0.29, 0.717) is 12.3 Å². The van der Waals surface area contributed by atoms with Gasteiger partial charge < -0.3 is 15.0 Å². The molecule has 2 amide bonds. The van der Waals surface area contributed by atoms with Crippen molar-refractivity contribution < 1.29 is 27.1 Å². The average molecular weight is 632 g/mol. The summed E-state index contributed by atoms with van der Waals surface area (Å²) >= 11 is 0. The van der Waals surface area contributed by atoms with E-state index in [1.165, 1.54) is 48.4 Å². The van der Waals surface area contributed by atoms with Crippen molar-refractivity contribution in [1.82, 2.24) is 10.2 Å². The van der Waals surface area contributed by atoms with Crippen LogP contribution in [-0.4, -0.2) is 51.4 Å². The minimum atomic E-state index is -4.31. The molecule has 4 aromatic carbocycles. The maximum Gasteiger partial charge on any atom is 0.264 e. The zero-order valence-corrected chi connectivity index (χ0v) is 26.3. The van der Waals surface area contributed by atoms with Crippen molar-refractivity contribution in [2.24, 2.45) is 0 Å². The highest BCUT2D eigenvalue weighted by molar-refractivity contribution is 7.92. The topological polar surface area (TPSA) is 96.0 Å². The normalized spacial score (nSPS) is 11.8. The lowest BCUT2D eigenvalue weighted by atomic mass is 10.0. The van der Waals surface area contributed by atoms with Crippen molar-refractivity contribution >= 4 is 27.5 Å². The van der Waals surface area contributed by atoms with E-state index in [9.17, 15) is 22.4 Å². The molecule has 0 bridgehead atoms.